The van der Waals surface area contributed by atoms with Crippen LogP contribution in [0, 0.1) is 0 Å². The predicted molar refractivity (Wildman–Crippen MR) is 37.4 cm³/mol. The number of amides is 2. The Morgan fingerprint density at radius 3 is 1.50 bits per heavy atom. The van der Waals surface area contributed by atoms with E-state index in [9.17, 15) is 9.59 Å². The average Bonchev–Trinajstić information content (AvgIpc) is 1.99. The van der Waals surface area contributed by atoms with Crippen molar-refractivity contribution in [2.75, 3.05) is 27.2 Å². The fourth-order valence-electron chi connectivity index (χ4n) is 0.421. The van der Waals surface area contributed by atoms with Crippen LogP contribution >= 0.6 is 0 Å². The van der Waals surface area contributed by atoms with E-state index in [1.165, 1.54) is 9.80 Å². The molecule has 0 unspecified atom stereocenters. The van der Waals surface area contributed by atoms with Crippen molar-refractivity contribution in [2.24, 2.45) is 0 Å². The van der Waals surface area contributed by atoms with Crippen LogP contribution in [-0.4, -0.2) is 49.8 Å². The SMILES string of the molecule is CN(C=O)CCN(C)C=O. The first-order valence-corrected chi connectivity index (χ1v) is 3.01. The van der Waals surface area contributed by atoms with E-state index in [2.05, 4.69) is 0 Å². The van der Waals surface area contributed by atoms with Crippen LogP contribution in [0.4, 0.5) is 0 Å². The third-order valence-electron chi connectivity index (χ3n) is 1.17. The topological polar surface area (TPSA) is 40.6 Å². The molecule has 0 spiro atoms. The largest absolute Gasteiger partial charge is 0.347 e. The van der Waals surface area contributed by atoms with Gasteiger partial charge in [0, 0.05) is 27.2 Å². The van der Waals surface area contributed by atoms with Crippen molar-refractivity contribution in [3.63, 3.8) is 0 Å². The zero-order valence-electron chi connectivity index (χ0n) is 6.28. The number of carbonyl (C=O) groups is 2. The van der Waals surface area contributed by atoms with Crippen LogP contribution in [0.5, 0.6) is 0 Å². The third-order valence-corrected chi connectivity index (χ3v) is 1.17. The molecule has 10 heavy (non-hydrogen) atoms. The van der Waals surface area contributed by atoms with Gasteiger partial charge in [0.25, 0.3) is 0 Å². The molecule has 0 aliphatic carbocycles. The summed E-state index contributed by atoms with van der Waals surface area (Å²) in [6, 6.07) is 0. The highest BCUT2D eigenvalue weighted by Gasteiger charge is 1.95. The first-order chi connectivity index (χ1) is 4.70. The summed E-state index contributed by atoms with van der Waals surface area (Å²) in [7, 11) is 3.34. The van der Waals surface area contributed by atoms with Crippen LogP contribution in [0.25, 0.3) is 0 Å². The standard InChI is InChI=1S/C6H12N2O2/c1-7(5-9)3-4-8(2)6-10/h5-6H,3-4H2,1-2H3. The number of likely N-dealkylation sites (N-methyl/N-ethyl adjacent to an activating group) is 2. The Hall–Kier alpha value is -1.06. The molecule has 0 saturated carbocycles. The molecule has 0 aromatic carbocycles. The maximum absolute atomic E-state index is 10.0. The van der Waals surface area contributed by atoms with E-state index in [1.807, 2.05) is 0 Å². The van der Waals surface area contributed by atoms with Gasteiger partial charge in [-0.2, -0.15) is 0 Å². The van der Waals surface area contributed by atoms with Gasteiger partial charge in [0.15, 0.2) is 0 Å². The molecule has 0 radical (unpaired) electrons. The first-order valence-electron chi connectivity index (χ1n) is 3.01. The zero-order chi connectivity index (χ0) is 7.98. The Morgan fingerprint density at radius 1 is 1.00 bits per heavy atom. The van der Waals surface area contributed by atoms with Crippen LogP contribution in [0.2, 0.25) is 0 Å². The molecule has 4 nitrogen and oxygen atoms in total. The Balaban J connectivity index is 3.34. The van der Waals surface area contributed by atoms with Crippen molar-refractivity contribution >= 4 is 12.8 Å². The Labute approximate surface area is 60.4 Å². The maximum atomic E-state index is 10.0. The minimum atomic E-state index is 0.582. The molecule has 0 rings (SSSR count). The molecular formula is C6H12N2O2. The van der Waals surface area contributed by atoms with Crippen LogP contribution in [0.3, 0.4) is 0 Å². The number of rotatable bonds is 5. The lowest BCUT2D eigenvalue weighted by Gasteiger charge is -2.14. The summed E-state index contributed by atoms with van der Waals surface area (Å²) in [5.41, 5.74) is 0. The van der Waals surface area contributed by atoms with Crippen LogP contribution < -0.4 is 0 Å². The van der Waals surface area contributed by atoms with E-state index in [-0.39, 0.29) is 0 Å². The zero-order valence-corrected chi connectivity index (χ0v) is 6.28. The van der Waals surface area contributed by atoms with Gasteiger partial charge in [0.2, 0.25) is 12.8 Å². The number of carbonyl (C=O) groups excluding carboxylic acids is 2. The smallest absolute Gasteiger partial charge is 0.209 e. The second-order valence-electron chi connectivity index (χ2n) is 2.17. The number of hydrogen-bond acceptors (Lipinski definition) is 2. The molecule has 2 amide bonds. The van der Waals surface area contributed by atoms with Gasteiger partial charge in [-0.15, -0.1) is 0 Å². The van der Waals surface area contributed by atoms with Crippen molar-refractivity contribution in [2.45, 2.75) is 0 Å². The quantitative estimate of drug-likeness (QED) is 0.472. The number of nitrogens with zero attached hydrogens (tertiary/aromatic N) is 2. The Morgan fingerprint density at radius 2 is 1.30 bits per heavy atom. The summed E-state index contributed by atoms with van der Waals surface area (Å²) >= 11 is 0. The lowest BCUT2D eigenvalue weighted by Crippen LogP contribution is -2.29. The van der Waals surface area contributed by atoms with Crippen molar-refractivity contribution in [1.29, 1.82) is 0 Å². The van der Waals surface area contributed by atoms with E-state index in [1.54, 1.807) is 14.1 Å². The fraction of sp³-hybridized carbons (Fsp3) is 0.667. The summed E-state index contributed by atoms with van der Waals surface area (Å²) in [6.07, 6.45) is 1.47. The van der Waals surface area contributed by atoms with E-state index in [0.717, 1.165) is 12.8 Å². The van der Waals surface area contributed by atoms with Gasteiger partial charge < -0.3 is 9.80 Å². The summed E-state index contributed by atoms with van der Waals surface area (Å²) < 4.78 is 0. The molecular weight excluding hydrogens is 132 g/mol. The predicted octanol–water partition coefficient (Wildman–Crippen LogP) is -0.837. The highest BCUT2D eigenvalue weighted by Crippen LogP contribution is 1.78. The van der Waals surface area contributed by atoms with Gasteiger partial charge >= 0.3 is 0 Å². The first kappa shape index (κ1) is 8.94. The molecule has 0 fully saturated rings. The van der Waals surface area contributed by atoms with Gasteiger partial charge in [-0.25, -0.2) is 0 Å². The highest BCUT2D eigenvalue weighted by atomic mass is 16.1. The van der Waals surface area contributed by atoms with Crippen molar-refractivity contribution in [3.05, 3.63) is 0 Å². The molecule has 0 atom stereocenters. The molecule has 0 aliphatic heterocycles. The lowest BCUT2D eigenvalue weighted by molar-refractivity contribution is -0.120. The van der Waals surface area contributed by atoms with E-state index < -0.39 is 0 Å². The summed E-state index contributed by atoms with van der Waals surface area (Å²) in [6.45, 7) is 1.16. The summed E-state index contributed by atoms with van der Waals surface area (Å²) in [5.74, 6) is 0. The van der Waals surface area contributed by atoms with Crippen LogP contribution in [0.1, 0.15) is 0 Å². The minimum Gasteiger partial charge on any atom is -0.347 e. The van der Waals surface area contributed by atoms with E-state index in [0.29, 0.717) is 13.1 Å². The molecule has 4 heteroatoms. The second kappa shape index (κ2) is 4.78. The number of hydrogen-bond donors (Lipinski definition) is 0. The molecule has 58 valence electrons. The molecule has 0 N–H and O–H groups in total. The van der Waals surface area contributed by atoms with Crippen molar-refractivity contribution in [3.8, 4) is 0 Å². The average molecular weight is 144 g/mol. The molecule has 0 aromatic rings. The second-order valence-corrected chi connectivity index (χ2v) is 2.17. The third kappa shape index (κ3) is 3.88. The molecule has 0 saturated heterocycles. The molecule has 0 aliphatic rings. The Bertz CT molecular complexity index is 102. The normalized spacial score (nSPS) is 8.60. The van der Waals surface area contributed by atoms with Crippen LogP contribution in [-0.2, 0) is 9.59 Å². The van der Waals surface area contributed by atoms with Gasteiger partial charge in [-0.3, -0.25) is 9.59 Å². The van der Waals surface area contributed by atoms with Gasteiger partial charge in [-0.05, 0) is 0 Å². The van der Waals surface area contributed by atoms with E-state index >= 15 is 0 Å². The summed E-state index contributed by atoms with van der Waals surface area (Å²) in [4.78, 5) is 23.0. The summed E-state index contributed by atoms with van der Waals surface area (Å²) in [5, 5.41) is 0. The van der Waals surface area contributed by atoms with E-state index in [4.69, 9.17) is 0 Å². The van der Waals surface area contributed by atoms with Gasteiger partial charge in [0.1, 0.15) is 0 Å². The monoisotopic (exact) mass is 144 g/mol. The van der Waals surface area contributed by atoms with Crippen molar-refractivity contribution in [1.82, 2.24) is 9.80 Å². The van der Waals surface area contributed by atoms with Crippen molar-refractivity contribution < 1.29 is 9.59 Å². The Kier molecular flexibility index (Phi) is 4.28. The molecule has 0 bridgehead atoms. The van der Waals surface area contributed by atoms with Gasteiger partial charge in [-0.1, -0.05) is 0 Å². The molecule has 0 heterocycles. The minimum absolute atomic E-state index is 0.582. The van der Waals surface area contributed by atoms with Crippen LogP contribution in [0.15, 0.2) is 0 Å². The highest BCUT2D eigenvalue weighted by molar-refractivity contribution is 5.47. The maximum Gasteiger partial charge on any atom is 0.209 e. The fourth-order valence-corrected chi connectivity index (χ4v) is 0.421. The lowest BCUT2D eigenvalue weighted by atomic mass is 10.5. The molecule has 0 aromatic heterocycles. The van der Waals surface area contributed by atoms with Gasteiger partial charge in [0.05, 0.1) is 0 Å².